The molecule has 3 N–H and O–H groups in total. The Morgan fingerprint density at radius 3 is 2.56 bits per heavy atom. The minimum atomic E-state index is -0.560. The molecule has 1 aromatic heterocycles. The first-order valence-corrected chi connectivity index (χ1v) is 15.9. The number of rotatable bonds is 9. The van der Waals surface area contributed by atoms with Gasteiger partial charge in [0.05, 0.1) is 21.8 Å². The summed E-state index contributed by atoms with van der Waals surface area (Å²) in [6.45, 7) is 4.23. The SMILES string of the molecule is Cc1ncsc1-c1ccc(CNC(=O)C2CCCN2C(=O)C(N=C/C(=N\N)C2CCCCC2)C2CCOCC2)cc1. The van der Waals surface area contributed by atoms with E-state index in [1.54, 1.807) is 22.5 Å². The van der Waals surface area contributed by atoms with Gasteiger partial charge in [-0.25, -0.2) is 4.98 Å². The van der Waals surface area contributed by atoms with Crippen LogP contribution < -0.4 is 11.2 Å². The molecule has 2 saturated heterocycles. The van der Waals surface area contributed by atoms with Gasteiger partial charge in [0.25, 0.3) is 0 Å². The Balaban J connectivity index is 1.24. The second-order valence-electron chi connectivity index (χ2n) is 11.4. The molecule has 2 atom stereocenters. The van der Waals surface area contributed by atoms with Crippen LogP contribution in [-0.4, -0.2) is 65.5 Å². The zero-order valence-corrected chi connectivity index (χ0v) is 24.8. The lowest BCUT2D eigenvalue weighted by atomic mass is 9.86. The second-order valence-corrected chi connectivity index (χ2v) is 12.3. The van der Waals surface area contributed by atoms with Crippen LogP contribution in [0, 0.1) is 18.8 Å². The molecular weight excluding hydrogens is 536 g/mol. The molecule has 0 spiro atoms. The number of aliphatic imine (C=N–C) groups is 1. The highest BCUT2D eigenvalue weighted by atomic mass is 32.1. The molecule has 0 bridgehead atoms. The van der Waals surface area contributed by atoms with Crippen LogP contribution in [0.25, 0.3) is 10.4 Å². The minimum absolute atomic E-state index is 0.0721. The summed E-state index contributed by atoms with van der Waals surface area (Å²) >= 11 is 1.62. The smallest absolute Gasteiger partial charge is 0.248 e. The number of likely N-dealkylation sites (tertiary alicyclic amines) is 1. The lowest BCUT2D eigenvalue weighted by Crippen LogP contribution is -2.50. The number of hydrazone groups is 1. The van der Waals surface area contributed by atoms with Crippen LogP contribution in [0.4, 0.5) is 0 Å². The van der Waals surface area contributed by atoms with Crippen molar-refractivity contribution in [3.8, 4) is 10.4 Å². The van der Waals surface area contributed by atoms with Crippen molar-refractivity contribution in [2.75, 3.05) is 19.8 Å². The number of hydrogen-bond acceptors (Lipinski definition) is 8. The number of carbonyl (C=O) groups excluding carboxylic acids is 2. The van der Waals surface area contributed by atoms with Gasteiger partial charge < -0.3 is 20.8 Å². The Kier molecular flexibility index (Phi) is 10.2. The first-order valence-electron chi connectivity index (χ1n) is 15.0. The summed E-state index contributed by atoms with van der Waals surface area (Å²) in [5, 5.41) is 7.13. The van der Waals surface area contributed by atoms with Crippen molar-refractivity contribution in [2.45, 2.75) is 83.3 Å². The fourth-order valence-corrected chi connectivity index (χ4v) is 7.16. The zero-order valence-electron chi connectivity index (χ0n) is 24.0. The normalized spacial score (nSPS) is 21.8. The molecule has 10 heteroatoms. The standard InChI is InChI=1S/C31H42N6O3S/c1-21-29(41-20-35-21)25-11-9-22(10-12-25)18-34-30(38)27-8-5-15-37(27)31(39)28(24-13-16-40-17-14-24)33-19-26(36-32)23-6-3-2-4-7-23/h9-12,19-20,23-24,27-28H,2-8,13-18,32H2,1H3,(H,34,38)/b33-19?,36-26+. The number of nitrogens with one attached hydrogen (secondary N) is 1. The van der Waals surface area contributed by atoms with E-state index in [0.717, 1.165) is 59.5 Å². The second kappa shape index (κ2) is 14.2. The first-order chi connectivity index (χ1) is 20.0. The molecule has 2 aromatic rings. The number of carbonyl (C=O) groups is 2. The maximum absolute atomic E-state index is 14.0. The first kappa shape index (κ1) is 29.4. The third-order valence-corrected chi connectivity index (χ3v) is 9.75. The number of benzene rings is 1. The fraction of sp³-hybridized carbons (Fsp3) is 0.581. The van der Waals surface area contributed by atoms with Crippen LogP contribution in [0.5, 0.6) is 0 Å². The molecule has 3 aliphatic rings. The van der Waals surface area contributed by atoms with Gasteiger partial charge in [0, 0.05) is 38.4 Å². The molecule has 220 valence electrons. The highest BCUT2D eigenvalue weighted by Gasteiger charge is 2.40. The van der Waals surface area contributed by atoms with Gasteiger partial charge in [-0.15, -0.1) is 11.3 Å². The number of hydrogen-bond donors (Lipinski definition) is 2. The van der Waals surface area contributed by atoms with Gasteiger partial charge in [-0.05, 0) is 62.5 Å². The average molecular weight is 579 g/mol. The topological polar surface area (TPSA) is 122 Å². The predicted octanol–water partition coefficient (Wildman–Crippen LogP) is 4.49. The monoisotopic (exact) mass is 578 g/mol. The Labute approximate surface area is 246 Å². The van der Waals surface area contributed by atoms with Crippen molar-refractivity contribution in [3.63, 3.8) is 0 Å². The van der Waals surface area contributed by atoms with Crippen molar-refractivity contribution in [1.82, 2.24) is 15.2 Å². The van der Waals surface area contributed by atoms with Gasteiger partial charge >= 0.3 is 0 Å². The third-order valence-electron chi connectivity index (χ3n) is 8.77. The molecule has 41 heavy (non-hydrogen) atoms. The number of ether oxygens (including phenoxy) is 1. The molecule has 5 rings (SSSR count). The van der Waals surface area contributed by atoms with Gasteiger partial charge in [0.2, 0.25) is 11.8 Å². The lowest BCUT2D eigenvalue weighted by Gasteiger charge is -2.32. The zero-order chi connectivity index (χ0) is 28.6. The molecule has 9 nitrogen and oxygen atoms in total. The van der Waals surface area contributed by atoms with Gasteiger partial charge in [-0.3, -0.25) is 14.6 Å². The van der Waals surface area contributed by atoms with Crippen molar-refractivity contribution in [2.24, 2.45) is 27.8 Å². The van der Waals surface area contributed by atoms with Gasteiger partial charge in [-0.1, -0.05) is 43.5 Å². The maximum Gasteiger partial charge on any atom is 0.248 e. The van der Waals surface area contributed by atoms with Gasteiger partial charge in [0.15, 0.2) is 0 Å². The summed E-state index contributed by atoms with van der Waals surface area (Å²) in [4.78, 5) is 39.4. The predicted molar refractivity (Wildman–Crippen MR) is 163 cm³/mol. The summed E-state index contributed by atoms with van der Waals surface area (Å²) in [5.41, 5.74) is 5.79. The Hall–Kier alpha value is -3.11. The fourth-order valence-electron chi connectivity index (χ4n) is 6.35. The van der Waals surface area contributed by atoms with E-state index in [-0.39, 0.29) is 17.7 Å². The minimum Gasteiger partial charge on any atom is -0.381 e. The van der Waals surface area contributed by atoms with E-state index in [0.29, 0.717) is 38.6 Å². The molecule has 1 aliphatic carbocycles. The molecular formula is C31H42N6O3S. The van der Waals surface area contributed by atoms with Crippen LogP contribution in [-0.2, 0) is 20.9 Å². The number of aryl methyl sites for hydroxylation is 1. The molecule has 1 saturated carbocycles. The van der Waals surface area contributed by atoms with Crippen LogP contribution in [0.1, 0.15) is 69.0 Å². The van der Waals surface area contributed by atoms with Crippen molar-refractivity contribution in [3.05, 3.63) is 41.0 Å². The van der Waals surface area contributed by atoms with E-state index in [9.17, 15) is 9.59 Å². The van der Waals surface area contributed by atoms with E-state index in [1.807, 2.05) is 24.6 Å². The largest absolute Gasteiger partial charge is 0.381 e. The highest BCUT2D eigenvalue weighted by Crippen LogP contribution is 2.29. The van der Waals surface area contributed by atoms with E-state index in [4.69, 9.17) is 15.6 Å². The van der Waals surface area contributed by atoms with Crippen LogP contribution >= 0.6 is 11.3 Å². The van der Waals surface area contributed by atoms with Crippen LogP contribution in [0.2, 0.25) is 0 Å². The highest BCUT2D eigenvalue weighted by molar-refractivity contribution is 7.13. The van der Waals surface area contributed by atoms with E-state index in [2.05, 4.69) is 27.5 Å². The summed E-state index contributed by atoms with van der Waals surface area (Å²) < 4.78 is 5.58. The Morgan fingerprint density at radius 2 is 1.88 bits per heavy atom. The quantitative estimate of drug-likeness (QED) is 0.258. The summed E-state index contributed by atoms with van der Waals surface area (Å²) in [6.07, 6.45) is 10.4. The van der Waals surface area contributed by atoms with E-state index < -0.39 is 12.1 Å². The van der Waals surface area contributed by atoms with Crippen molar-refractivity contribution in [1.29, 1.82) is 0 Å². The Bertz CT molecular complexity index is 1230. The van der Waals surface area contributed by atoms with E-state index >= 15 is 0 Å². The molecule has 1 aromatic carbocycles. The molecule has 2 amide bonds. The number of nitrogens with two attached hydrogens (primary N) is 1. The number of thiazole rings is 1. The van der Waals surface area contributed by atoms with Gasteiger partial charge in [0.1, 0.15) is 12.1 Å². The number of amides is 2. The summed E-state index contributed by atoms with van der Waals surface area (Å²) in [7, 11) is 0. The molecule has 0 radical (unpaired) electrons. The van der Waals surface area contributed by atoms with Crippen LogP contribution in [0.15, 0.2) is 39.9 Å². The molecule has 3 fully saturated rings. The summed E-state index contributed by atoms with van der Waals surface area (Å²) in [6, 6.07) is 7.15. The number of nitrogens with zero attached hydrogens (tertiary/aromatic N) is 4. The molecule has 2 aliphatic heterocycles. The van der Waals surface area contributed by atoms with Crippen LogP contribution in [0.3, 0.4) is 0 Å². The van der Waals surface area contributed by atoms with Crippen molar-refractivity contribution >= 4 is 35.1 Å². The van der Waals surface area contributed by atoms with E-state index in [1.165, 1.54) is 19.3 Å². The van der Waals surface area contributed by atoms with Crippen molar-refractivity contribution < 1.29 is 14.3 Å². The summed E-state index contributed by atoms with van der Waals surface area (Å²) in [5.74, 6) is 5.96. The van der Waals surface area contributed by atoms with Gasteiger partial charge in [-0.2, -0.15) is 5.10 Å². The number of aromatic nitrogens is 1. The lowest BCUT2D eigenvalue weighted by molar-refractivity contribution is -0.140. The third kappa shape index (κ3) is 7.22. The molecule has 3 heterocycles. The maximum atomic E-state index is 14.0. The Morgan fingerprint density at radius 1 is 1.12 bits per heavy atom. The average Bonchev–Trinajstić information content (AvgIpc) is 3.69. The molecule has 2 unspecified atom stereocenters.